The molecule has 0 aliphatic rings. The van der Waals surface area contributed by atoms with Gasteiger partial charge in [-0.2, -0.15) is 5.26 Å². The fourth-order valence-electron chi connectivity index (χ4n) is 2.70. The summed E-state index contributed by atoms with van der Waals surface area (Å²) >= 11 is 0. The first-order chi connectivity index (χ1) is 14.0. The van der Waals surface area contributed by atoms with Crippen molar-refractivity contribution in [2.24, 2.45) is 0 Å². The van der Waals surface area contributed by atoms with Crippen molar-refractivity contribution < 1.29 is 12.8 Å². The van der Waals surface area contributed by atoms with Gasteiger partial charge < -0.3 is 4.42 Å². The van der Waals surface area contributed by atoms with Crippen LogP contribution < -0.4 is 4.72 Å². The molecule has 142 valence electrons. The number of rotatable bonds is 5. The highest BCUT2D eigenvalue weighted by molar-refractivity contribution is 7.92. The van der Waals surface area contributed by atoms with E-state index in [0.717, 1.165) is 5.56 Å². The highest BCUT2D eigenvalue weighted by Crippen LogP contribution is 2.26. The van der Waals surface area contributed by atoms with E-state index in [-0.39, 0.29) is 16.3 Å². The Hall–Kier alpha value is -3.96. The van der Waals surface area contributed by atoms with Crippen molar-refractivity contribution in [2.45, 2.75) is 4.90 Å². The number of nitrogens with zero attached hydrogens (tertiary/aromatic N) is 3. The van der Waals surface area contributed by atoms with Crippen LogP contribution in [0, 0.1) is 11.3 Å². The van der Waals surface area contributed by atoms with Crippen LogP contribution in [-0.2, 0) is 10.0 Å². The van der Waals surface area contributed by atoms with Gasteiger partial charge in [-0.3, -0.25) is 4.72 Å². The molecule has 4 aromatic rings. The number of anilines is 1. The Kier molecular flexibility index (Phi) is 4.81. The number of nitriles is 1. The van der Waals surface area contributed by atoms with Gasteiger partial charge in [-0.25, -0.2) is 8.42 Å². The molecule has 7 nitrogen and oxygen atoms in total. The summed E-state index contributed by atoms with van der Waals surface area (Å²) in [4.78, 5) is 0.00565. The van der Waals surface area contributed by atoms with Crippen LogP contribution in [0.5, 0.6) is 0 Å². The summed E-state index contributed by atoms with van der Waals surface area (Å²) in [6, 6.07) is 23.7. The van der Waals surface area contributed by atoms with Crippen molar-refractivity contribution >= 4 is 15.7 Å². The number of hydrogen-bond acceptors (Lipinski definition) is 6. The number of hydrogen-bond donors (Lipinski definition) is 1. The van der Waals surface area contributed by atoms with Gasteiger partial charge in [0.1, 0.15) is 0 Å². The van der Waals surface area contributed by atoms with Crippen LogP contribution in [0.1, 0.15) is 5.56 Å². The zero-order chi connectivity index (χ0) is 20.3. The molecule has 0 atom stereocenters. The van der Waals surface area contributed by atoms with Crippen molar-refractivity contribution in [1.29, 1.82) is 5.26 Å². The van der Waals surface area contributed by atoms with Crippen molar-refractivity contribution in [1.82, 2.24) is 10.2 Å². The minimum absolute atomic E-state index is 0.00565. The third-order valence-corrected chi connectivity index (χ3v) is 5.46. The molecule has 0 aliphatic carbocycles. The molecule has 1 N–H and O–H groups in total. The van der Waals surface area contributed by atoms with Gasteiger partial charge in [0.2, 0.25) is 11.8 Å². The predicted molar refractivity (Wildman–Crippen MR) is 107 cm³/mol. The molecule has 0 saturated heterocycles. The molecule has 1 aromatic heterocycles. The second-order valence-electron chi connectivity index (χ2n) is 6.10. The molecule has 4 rings (SSSR count). The summed E-state index contributed by atoms with van der Waals surface area (Å²) < 4.78 is 33.5. The summed E-state index contributed by atoms with van der Waals surface area (Å²) in [6.45, 7) is 0. The molecule has 0 amide bonds. The second-order valence-corrected chi connectivity index (χ2v) is 7.79. The van der Waals surface area contributed by atoms with E-state index in [1.807, 2.05) is 36.4 Å². The Morgan fingerprint density at radius 1 is 0.828 bits per heavy atom. The van der Waals surface area contributed by atoms with Gasteiger partial charge in [0.15, 0.2) is 0 Å². The first kappa shape index (κ1) is 18.4. The number of benzene rings is 3. The van der Waals surface area contributed by atoms with E-state index in [9.17, 15) is 8.42 Å². The van der Waals surface area contributed by atoms with Gasteiger partial charge in [0, 0.05) is 16.8 Å². The Balaban J connectivity index is 1.61. The third-order valence-electron chi connectivity index (χ3n) is 4.08. The first-order valence-corrected chi connectivity index (χ1v) is 10.1. The Morgan fingerprint density at radius 3 is 2.28 bits per heavy atom. The lowest BCUT2D eigenvalue weighted by molar-refractivity contribution is 0.584. The molecule has 0 bridgehead atoms. The number of aromatic nitrogens is 2. The molecule has 8 heteroatoms. The Labute approximate surface area is 167 Å². The zero-order valence-electron chi connectivity index (χ0n) is 15.0. The Morgan fingerprint density at radius 2 is 1.52 bits per heavy atom. The fourth-order valence-corrected chi connectivity index (χ4v) is 3.79. The molecule has 0 spiro atoms. The minimum atomic E-state index is -3.85. The van der Waals surface area contributed by atoms with E-state index in [1.165, 1.54) is 18.2 Å². The van der Waals surface area contributed by atoms with E-state index in [2.05, 4.69) is 14.9 Å². The highest BCUT2D eigenvalue weighted by Gasteiger charge is 2.16. The zero-order valence-corrected chi connectivity index (χ0v) is 15.8. The molecule has 0 fully saturated rings. The average molecular weight is 402 g/mol. The summed E-state index contributed by atoms with van der Waals surface area (Å²) in [6.07, 6.45) is 0. The quantitative estimate of drug-likeness (QED) is 0.539. The van der Waals surface area contributed by atoms with E-state index < -0.39 is 10.0 Å². The van der Waals surface area contributed by atoms with Gasteiger partial charge in [-0.15, -0.1) is 10.2 Å². The predicted octanol–water partition coefficient (Wildman–Crippen LogP) is 4.08. The lowest BCUT2D eigenvalue weighted by Gasteiger charge is -2.09. The van der Waals surface area contributed by atoms with Crippen molar-refractivity contribution in [3.8, 4) is 29.0 Å². The van der Waals surface area contributed by atoms with Crippen LogP contribution in [0.4, 0.5) is 5.69 Å². The molecular formula is C21H14N4O3S. The van der Waals surface area contributed by atoms with Gasteiger partial charge in [0.25, 0.3) is 10.0 Å². The molecule has 0 unspecified atom stereocenters. The van der Waals surface area contributed by atoms with Crippen molar-refractivity contribution in [3.05, 3.63) is 84.4 Å². The first-order valence-electron chi connectivity index (χ1n) is 8.57. The van der Waals surface area contributed by atoms with Crippen molar-refractivity contribution in [3.63, 3.8) is 0 Å². The number of nitrogens with one attached hydrogen (secondary N) is 1. The van der Waals surface area contributed by atoms with Gasteiger partial charge in [0.05, 0.1) is 16.5 Å². The molecular weight excluding hydrogens is 388 g/mol. The Bertz CT molecular complexity index is 1310. The van der Waals surface area contributed by atoms with Crippen LogP contribution in [0.2, 0.25) is 0 Å². The maximum Gasteiger partial charge on any atom is 0.261 e. The summed E-state index contributed by atoms with van der Waals surface area (Å²) in [5.41, 5.74) is 1.97. The van der Waals surface area contributed by atoms with Gasteiger partial charge >= 0.3 is 0 Å². The summed E-state index contributed by atoms with van der Waals surface area (Å²) in [5.74, 6) is 0.649. The smallest absolute Gasteiger partial charge is 0.261 e. The third kappa shape index (κ3) is 4.00. The van der Waals surface area contributed by atoms with Gasteiger partial charge in [-0.1, -0.05) is 30.3 Å². The van der Waals surface area contributed by atoms with E-state index in [4.69, 9.17) is 9.68 Å². The highest BCUT2D eigenvalue weighted by atomic mass is 32.2. The lowest BCUT2D eigenvalue weighted by Crippen LogP contribution is -2.13. The molecule has 0 radical (unpaired) electrons. The van der Waals surface area contributed by atoms with E-state index in [1.54, 1.807) is 30.3 Å². The van der Waals surface area contributed by atoms with E-state index in [0.29, 0.717) is 17.1 Å². The average Bonchev–Trinajstić information content (AvgIpc) is 3.25. The maximum absolute atomic E-state index is 12.6. The lowest BCUT2D eigenvalue weighted by atomic mass is 10.2. The normalized spacial score (nSPS) is 11.0. The van der Waals surface area contributed by atoms with Crippen LogP contribution in [0.15, 0.2) is 88.2 Å². The summed E-state index contributed by atoms with van der Waals surface area (Å²) in [7, 11) is -3.85. The summed E-state index contributed by atoms with van der Waals surface area (Å²) in [5, 5.41) is 17.1. The topological polar surface area (TPSA) is 109 Å². The van der Waals surface area contributed by atoms with Crippen LogP contribution in [-0.4, -0.2) is 18.6 Å². The largest absolute Gasteiger partial charge is 0.416 e. The molecule has 0 saturated carbocycles. The minimum Gasteiger partial charge on any atom is -0.416 e. The molecule has 0 aliphatic heterocycles. The van der Waals surface area contributed by atoms with Gasteiger partial charge in [-0.05, 0) is 48.5 Å². The molecule has 1 heterocycles. The SMILES string of the molecule is N#Cc1cccc(S(=O)(=O)Nc2cccc(-c3nnc(-c4ccccc4)o3)c2)c1. The van der Waals surface area contributed by atoms with E-state index >= 15 is 0 Å². The van der Waals surface area contributed by atoms with Crippen molar-refractivity contribution in [2.75, 3.05) is 4.72 Å². The standard InChI is InChI=1S/C21H14N4O3S/c22-14-15-6-4-11-19(12-15)29(26,27)25-18-10-5-9-17(13-18)21-24-23-20(28-21)16-7-2-1-3-8-16/h1-13,25H. The maximum atomic E-state index is 12.6. The fraction of sp³-hybridized carbons (Fsp3) is 0. The van der Waals surface area contributed by atoms with Crippen LogP contribution >= 0.6 is 0 Å². The molecule has 29 heavy (non-hydrogen) atoms. The van der Waals surface area contributed by atoms with Crippen LogP contribution in [0.3, 0.4) is 0 Å². The second kappa shape index (κ2) is 7.58. The monoisotopic (exact) mass is 402 g/mol. The number of sulfonamides is 1. The van der Waals surface area contributed by atoms with Crippen LogP contribution in [0.25, 0.3) is 22.9 Å². The molecule has 3 aromatic carbocycles.